The van der Waals surface area contributed by atoms with Crippen LogP contribution < -0.4 is 5.32 Å². The van der Waals surface area contributed by atoms with Crippen molar-refractivity contribution in [2.24, 2.45) is 0 Å². The molecule has 0 bridgehead atoms. The van der Waals surface area contributed by atoms with E-state index in [1.54, 1.807) is 6.07 Å². The fourth-order valence-corrected chi connectivity index (χ4v) is 3.98. The predicted molar refractivity (Wildman–Crippen MR) is 134 cm³/mol. The number of pyridine rings is 1. The Hall–Kier alpha value is -3.73. The van der Waals surface area contributed by atoms with Crippen LogP contribution in [0, 0.1) is 0 Å². The minimum atomic E-state index is -4.59. The molecular formula is C27H25F6N5. The Morgan fingerprint density at radius 3 is 2.29 bits per heavy atom. The Bertz CT molecular complexity index is 1400. The molecule has 0 saturated carbocycles. The number of benzene rings is 2. The highest BCUT2D eigenvalue weighted by atomic mass is 19.4. The van der Waals surface area contributed by atoms with Gasteiger partial charge in [-0.1, -0.05) is 19.4 Å². The highest BCUT2D eigenvalue weighted by Gasteiger charge is 2.34. The maximum Gasteiger partial charge on any atom is 0.418 e. The minimum Gasteiger partial charge on any atom is -0.340 e. The highest BCUT2D eigenvalue weighted by Crippen LogP contribution is 2.37. The SMILES string of the molecule is CCCCN(C)Cc1nc(Nc2ccc(C(F)(F)F)cc2)c2ccc(-c3ncccc3C(F)(F)F)cc2n1. The summed E-state index contributed by atoms with van der Waals surface area (Å²) in [6.07, 6.45) is -5.80. The second-order valence-electron chi connectivity index (χ2n) is 8.91. The molecule has 0 unspecified atom stereocenters. The van der Waals surface area contributed by atoms with Crippen LogP contribution in [0.4, 0.5) is 37.8 Å². The van der Waals surface area contributed by atoms with Crippen LogP contribution >= 0.6 is 0 Å². The Morgan fingerprint density at radius 2 is 1.63 bits per heavy atom. The minimum absolute atomic E-state index is 0.223. The van der Waals surface area contributed by atoms with Crippen molar-refractivity contribution in [2.75, 3.05) is 18.9 Å². The van der Waals surface area contributed by atoms with Gasteiger partial charge in [0.15, 0.2) is 0 Å². The molecule has 0 radical (unpaired) electrons. The molecule has 0 aliphatic carbocycles. The average molecular weight is 534 g/mol. The topological polar surface area (TPSA) is 53.9 Å². The normalized spacial score (nSPS) is 12.3. The van der Waals surface area contributed by atoms with Crippen LogP contribution in [0.3, 0.4) is 0 Å². The Balaban J connectivity index is 1.78. The Kier molecular flexibility index (Phi) is 7.86. The summed E-state index contributed by atoms with van der Waals surface area (Å²) in [4.78, 5) is 15.2. The van der Waals surface area contributed by atoms with E-state index in [2.05, 4.69) is 27.2 Å². The highest BCUT2D eigenvalue weighted by molar-refractivity contribution is 5.93. The smallest absolute Gasteiger partial charge is 0.340 e. The summed E-state index contributed by atoms with van der Waals surface area (Å²) in [5.41, 5.74) is -0.888. The van der Waals surface area contributed by atoms with Gasteiger partial charge >= 0.3 is 12.4 Å². The zero-order chi connectivity index (χ0) is 27.5. The van der Waals surface area contributed by atoms with E-state index in [1.807, 2.05) is 11.9 Å². The molecule has 4 rings (SSSR count). The van der Waals surface area contributed by atoms with Crippen molar-refractivity contribution in [3.63, 3.8) is 0 Å². The molecule has 2 aromatic carbocycles. The number of rotatable bonds is 8. The van der Waals surface area contributed by atoms with Crippen molar-refractivity contribution >= 4 is 22.4 Å². The summed E-state index contributed by atoms with van der Waals surface area (Å²) in [6, 6.07) is 11.3. The zero-order valence-corrected chi connectivity index (χ0v) is 20.7. The van der Waals surface area contributed by atoms with Gasteiger partial charge in [-0.05, 0) is 68.5 Å². The molecule has 1 N–H and O–H groups in total. The zero-order valence-electron chi connectivity index (χ0n) is 20.7. The second-order valence-corrected chi connectivity index (χ2v) is 8.91. The first-order valence-electron chi connectivity index (χ1n) is 11.9. The number of unbranched alkanes of at least 4 members (excludes halogenated alkanes) is 1. The lowest BCUT2D eigenvalue weighted by Crippen LogP contribution is -2.20. The second kappa shape index (κ2) is 10.9. The van der Waals surface area contributed by atoms with Gasteiger partial charge < -0.3 is 5.32 Å². The molecule has 0 atom stereocenters. The molecule has 4 aromatic rings. The van der Waals surface area contributed by atoms with Gasteiger partial charge in [0, 0.05) is 22.8 Å². The van der Waals surface area contributed by atoms with E-state index < -0.39 is 23.5 Å². The number of halogens is 6. The summed E-state index contributed by atoms with van der Waals surface area (Å²) in [7, 11) is 1.91. The van der Waals surface area contributed by atoms with Crippen molar-refractivity contribution < 1.29 is 26.3 Å². The average Bonchev–Trinajstić information content (AvgIpc) is 2.86. The number of anilines is 2. The van der Waals surface area contributed by atoms with Crippen LogP contribution in [0.1, 0.15) is 36.7 Å². The van der Waals surface area contributed by atoms with Gasteiger partial charge in [-0.2, -0.15) is 26.3 Å². The van der Waals surface area contributed by atoms with E-state index in [0.29, 0.717) is 34.8 Å². The van der Waals surface area contributed by atoms with Crippen molar-refractivity contribution in [1.29, 1.82) is 0 Å². The molecule has 0 fully saturated rings. The van der Waals surface area contributed by atoms with Crippen LogP contribution in [0.2, 0.25) is 0 Å². The van der Waals surface area contributed by atoms with Gasteiger partial charge in [-0.15, -0.1) is 0 Å². The maximum atomic E-state index is 13.6. The molecule has 38 heavy (non-hydrogen) atoms. The molecule has 2 aromatic heterocycles. The van der Waals surface area contributed by atoms with Crippen LogP contribution in [-0.2, 0) is 18.9 Å². The lowest BCUT2D eigenvalue weighted by atomic mass is 10.0. The van der Waals surface area contributed by atoms with Gasteiger partial charge in [0.2, 0.25) is 0 Å². The summed E-state index contributed by atoms with van der Waals surface area (Å²) in [5, 5.41) is 3.54. The van der Waals surface area contributed by atoms with Crippen LogP contribution in [0.25, 0.3) is 22.2 Å². The van der Waals surface area contributed by atoms with E-state index in [4.69, 9.17) is 0 Å². The van der Waals surface area contributed by atoms with Gasteiger partial charge in [0.25, 0.3) is 0 Å². The number of fused-ring (bicyclic) bond motifs is 1. The van der Waals surface area contributed by atoms with Gasteiger partial charge in [-0.3, -0.25) is 9.88 Å². The lowest BCUT2D eigenvalue weighted by Gasteiger charge is -2.17. The number of nitrogens with one attached hydrogen (secondary N) is 1. The first-order valence-corrected chi connectivity index (χ1v) is 11.9. The first kappa shape index (κ1) is 27.3. The van der Waals surface area contributed by atoms with Gasteiger partial charge in [-0.25, -0.2) is 9.97 Å². The third-order valence-corrected chi connectivity index (χ3v) is 5.91. The van der Waals surface area contributed by atoms with E-state index in [0.717, 1.165) is 37.6 Å². The quantitative estimate of drug-likeness (QED) is 0.235. The molecule has 200 valence electrons. The van der Waals surface area contributed by atoms with E-state index in [1.165, 1.54) is 36.5 Å². The summed E-state index contributed by atoms with van der Waals surface area (Å²) in [6.45, 7) is 3.24. The van der Waals surface area contributed by atoms with Gasteiger partial charge in [0.1, 0.15) is 11.6 Å². The summed E-state index contributed by atoms with van der Waals surface area (Å²) < 4.78 is 79.8. The Labute approximate surface area is 215 Å². The molecule has 0 amide bonds. The molecule has 11 heteroatoms. The molecule has 0 spiro atoms. The number of hydrogen-bond acceptors (Lipinski definition) is 5. The van der Waals surface area contributed by atoms with E-state index in [-0.39, 0.29) is 11.3 Å². The van der Waals surface area contributed by atoms with E-state index >= 15 is 0 Å². The molecule has 0 aliphatic rings. The molecule has 0 saturated heterocycles. The number of alkyl halides is 6. The first-order chi connectivity index (χ1) is 18.0. The third kappa shape index (κ3) is 6.39. The third-order valence-electron chi connectivity index (χ3n) is 5.91. The van der Waals surface area contributed by atoms with Crippen LogP contribution in [0.15, 0.2) is 60.8 Å². The molecule has 5 nitrogen and oxygen atoms in total. The fraction of sp³-hybridized carbons (Fsp3) is 0.296. The van der Waals surface area contributed by atoms with Crippen molar-refractivity contribution in [3.05, 3.63) is 77.7 Å². The maximum absolute atomic E-state index is 13.6. The molecular weight excluding hydrogens is 508 g/mol. The summed E-state index contributed by atoms with van der Waals surface area (Å²) >= 11 is 0. The standard InChI is InChI=1S/C27H25F6N5/c1-3-4-14-38(2)16-23-36-22-15-17(24-21(27(31,32)33)6-5-13-34-24)7-12-20(22)25(37-23)35-19-10-8-18(9-11-19)26(28,29)30/h5-13,15H,3-4,14,16H2,1-2H3,(H,35,36,37). The van der Waals surface area contributed by atoms with Crippen LogP contribution in [-0.4, -0.2) is 33.4 Å². The van der Waals surface area contributed by atoms with Crippen molar-refractivity contribution in [1.82, 2.24) is 19.9 Å². The summed E-state index contributed by atoms with van der Waals surface area (Å²) in [5.74, 6) is 0.747. The number of nitrogens with zero attached hydrogens (tertiary/aromatic N) is 4. The molecule has 0 aliphatic heterocycles. The monoisotopic (exact) mass is 533 g/mol. The van der Waals surface area contributed by atoms with Gasteiger partial charge in [0.05, 0.1) is 28.9 Å². The van der Waals surface area contributed by atoms with Crippen molar-refractivity contribution in [3.8, 4) is 11.3 Å². The number of hydrogen-bond donors (Lipinski definition) is 1. The largest absolute Gasteiger partial charge is 0.418 e. The Morgan fingerprint density at radius 1 is 0.895 bits per heavy atom. The van der Waals surface area contributed by atoms with Crippen LogP contribution in [0.5, 0.6) is 0 Å². The van der Waals surface area contributed by atoms with E-state index in [9.17, 15) is 26.3 Å². The predicted octanol–water partition coefficient (Wildman–Crippen LogP) is 7.70. The molecule has 2 heterocycles. The lowest BCUT2D eigenvalue weighted by molar-refractivity contribution is -0.138. The number of aromatic nitrogens is 3. The van der Waals surface area contributed by atoms with Crippen molar-refractivity contribution in [2.45, 2.75) is 38.7 Å². The fourth-order valence-electron chi connectivity index (χ4n) is 3.98.